The zero-order valence-electron chi connectivity index (χ0n) is 7.81. The Morgan fingerprint density at radius 2 is 1.92 bits per heavy atom. The third kappa shape index (κ3) is 6.57. The lowest BCUT2D eigenvalue weighted by Crippen LogP contribution is -2.09. The third-order valence-corrected chi connectivity index (χ3v) is 2.44. The summed E-state index contributed by atoms with van der Waals surface area (Å²) in [7, 11) is -0.497. The topological polar surface area (TPSA) is 71.1 Å². The SMILES string of the molecule is COC(=O)OCCOP(C)(=O)OC. The van der Waals surface area contributed by atoms with E-state index in [1.165, 1.54) is 20.9 Å². The number of methoxy groups -OCH3 is 1. The fourth-order valence-electron chi connectivity index (χ4n) is 0.440. The molecule has 0 rings (SSSR count). The van der Waals surface area contributed by atoms with Gasteiger partial charge in [-0.1, -0.05) is 0 Å². The quantitative estimate of drug-likeness (QED) is 0.388. The van der Waals surface area contributed by atoms with Gasteiger partial charge in [-0.2, -0.15) is 0 Å². The summed E-state index contributed by atoms with van der Waals surface area (Å²) in [6.45, 7) is 1.32. The maximum Gasteiger partial charge on any atom is 0.508 e. The Morgan fingerprint density at radius 1 is 1.31 bits per heavy atom. The molecule has 0 radical (unpaired) electrons. The highest BCUT2D eigenvalue weighted by molar-refractivity contribution is 7.52. The Labute approximate surface area is 76.6 Å². The summed E-state index contributed by atoms with van der Waals surface area (Å²) in [5.41, 5.74) is 0. The molecule has 0 aliphatic carbocycles. The van der Waals surface area contributed by atoms with E-state index in [0.717, 1.165) is 0 Å². The fraction of sp³-hybridized carbons (Fsp3) is 0.833. The first-order valence-electron chi connectivity index (χ1n) is 3.50. The molecule has 0 bridgehead atoms. The number of carbonyl (C=O) groups excluding carboxylic acids is 1. The van der Waals surface area contributed by atoms with Crippen molar-refractivity contribution in [1.29, 1.82) is 0 Å². The van der Waals surface area contributed by atoms with Gasteiger partial charge in [0.25, 0.3) is 0 Å². The average molecular weight is 212 g/mol. The van der Waals surface area contributed by atoms with E-state index in [2.05, 4.69) is 14.0 Å². The molecule has 0 aromatic rings. The molecule has 0 saturated heterocycles. The molecule has 0 heterocycles. The number of carbonyl (C=O) groups is 1. The summed E-state index contributed by atoms with van der Waals surface area (Å²) in [5, 5.41) is 0. The van der Waals surface area contributed by atoms with Crippen molar-refractivity contribution in [2.24, 2.45) is 0 Å². The molecule has 0 amide bonds. The monoisotopic (exact) mass is 212 g/mol. The molecule has 0 aromatic heterocycles. The Morgan fingerprint density at radius 3 is 2.38 bits per heavy atom. The van der Waals surface area contributed by atoms with E-state index in [1.807, 2.05) is 0 Å². The highest BCUT2D eigenvalue weighted by atomic mass is 31.2. The molecule has 0 saturated carbocycles. The molecule has 1 unspecified atom stereocenters. The predicted molar refractivity (Wildman–Crippen MR) is 44.8 cm³/mol. The van der Waals surface area contributed by atoms with Crippen LogP contribution >= 0.6 is 7.60 Å². The van der Waals surface area contributed by atoms with E-state index in [-0.39, 0.29) is 13.2 Å². The first-order chi connectivity index (χ1) is 6.02. The van der Waals surface area contributed by atoms with E-state index < -0.39 is 13.8 Å². The van der Waals surface area contributed by atoms with Crippen molar-refractivity contribution in [3.05, 3.63) is 0 Å². The molecule has 0 aromatic carbocycles. The van der Waals surface area contributed by atoms with Crippen molar-refractivity contribution >= 4 is 13.8 Å². The summed E-state index contributed by atoms with van der Waals surface area (Å²) in [6, 6.07) is 0. The van der Waals surface area contributed by atoms with Crippen molar-refractivity contribution in [3.63, 3.8) is 0 Å². The van der Waals surface area contributed by atoms with Crippen LogP contribution in [0.3, 0.4) is 0 Å². The van der Waals surface area contributed by atoms with Gasteiger partial charge in [-0.3, -0.25) is 4.57 Å². The lowest BCUT2D eigenvalue weighted by atomic mass is 10.8. The van der Waals surface area contributed by atoms with Gasteiger partial charge in [-0.15, -0.1) is 0 Å². The average Bonchev–Trinajstić information content (AvgIpc) is 2.12. The second-order valence-electron chi connectivity index (χ2n) is 2.09. The van der Waals surface area contributed by atoms with Crippen molar-refractivity contribution in [1.82, 2.24) is 0 Å². The van der Waals surface area contributed by atoms with Crippen LogP contribution in [0.1, 0.15) is 0 Å². The minimum absolute atomic E-state index is 0.0106. The minimum atomic E-state index is -2.97. The molecule has 78 valence electrons. The smallest absolute Gasteiger partial charge is 0.438 e. The summed E-state index contributed by atoms with van der Waals surface area (Å²) in [5.74, 6) is 0. The van der Waals surface area contributed by atoms with E-state index in [4.69, 9.17) is 4.52 Å². The number of hydrogen-bond donors (Lipinski definition) is 0. The Balaban J connectivity index is 3.46. The van der Waals surface area contributed by atoms with Crippen LogP contribution in [0, 0.1) is 0 Å². The molecule has 7 heteroatoms. The summed E-state index contributed by atoms with van der Waals surface area (Å²) in [4.78, 5) is 10.4. The van der Waals surface area contributed by atoms with Crippen LogP contribution in [-0.2, 0) is 23.1 Å². The van der Waals surface area contributed by atoms with Crippen molar-refractivity contribution < 1.29 is 27.9 Å². The van der Waals surface area contributed by atoms with Gasteiger partial charge >= 0.3 is 13.8 Å². The first-order valence-corrected chi connectivity index (χ1v) is 5.49. The molecular weight excluding hydrogens is 199 g/mol. The lowest BCUT2D eigenvalue weighted by molar-refractivity contribution is 0.0596. The van der Waals surface area contributed by atoms with Crippen LogP contribution in [0.25, 0.3) is 0 Å². The maximum atomic E-state index is 11.1. The molecule has 1 atom stereocenters. The number of ether oxygens (including phenoxy) is 2. The Kier molecular flexibility index (Phi) is 5.70. The summed E-state index contributed by atoms with van der Waals surface area (Å²) >= 11 is 0. The van der Waals surface area contributed by atoms with Crippen molar-refractivity contribution in [3.8, 4) is 0 Å². The van der Waals surface area contributed by atoms with Gasteiger partial charge < -0.3 is 18.5 Å². The molecule has 0 aliphatic rings. The molecule has 13 heavy (non-hydrogen) atoms. The Hall–Kier alpha value is -0.580. The van der Waals surface area contributed by atoms with Gasteiger partial charge in [0.1, 0.15) is 6.61 Å². The van der Waals surface area contributed by atoms with Crippen LogP contribution in [0.2, 0.25) is 0 Å². The zero-order chi connectivity index (χ0) is 10.3. The second-order valence-corrected chi connectivity index (χ2v) is 4.26. The molecule has 0 aliphatic heterocycles. The van der Waals surface area contributed by atoms with Crippen molar-refractivity contribution in [2.75, 3.05) is 34.1 Å². The van der Waals surface area contributed by atoms with Gasteiger partial charge in [0.15, 0.2) is 0 Å². The normalized spacial score (nSPS) is 14.7. The van der Waals surface area contributed by atoms with Gasteiger partial charge in [0, 0.05) is 13.8 Å². The number of rotatable bonds is 5. The molecule has 0 fully saturated rings. The van der Waals surface area contributed by atoms with E-state index in [9.17, 15) is 9.36 Å². The van der Waals surface area contributed by atoms with Gasteiger partial charge in [0.2, 0.25) is 0 Å². The van der Waals surface area contributed by atoms with E-state index in [0.29, 0.717) is 0 Å². The van der Waals surface area contributed by atoms with Crippen LogP contribution in [0.4, 0.5) is 4.79 Å². The summed E-state index contributed by atoms with van der Waals surface area (Å²) < 4.78 is 29.0. The first kappa shape index (κ1) is 12.4. The zero-order valence-corrected chi connectivity index (χ0v) is 8.71. The van der Waals surface area contributed by atoms with Crippen LogP contribution in [-0.4, -0.2) is 40.3 Å². The highest BCUT2D eigenvalue weighted by Crippen LogP contribution is 2.42. The fourth-order valence-corrected chi connectivity index (χ4v) is 0.951. The predicted octanol–water partition coefficient (Wildman–Crippen LogP) is 1.26. The minimum Gasteiger partial charge on any atom is -0.438 e. The summed E-state index contributed by atoms with van der Waals surface area (Å²) in [6.07, 6.45) is -0.799. The van der Waals surface area contributed by atoms with E-state index >= 15 is 0 Å². The third-order valence-electron chi connectivity index (χ3n) is 1.13. The molecule has 0 N–H and O–H groups in total. The van der Waals surface area contributed by atoms with Gasteiger partial charge in [0.05, 0.1) is 13.7 Å². The molecule has 0 spiro atoms. The molecule has 6 nitrogen and oxygen atoms in total. The van der Waals surface area contributed by atoms with Crippen LogP contribution in [0.15, 0.2) is 0 Å². The molecular formula is C6H13O6P. The largest absolute Gasteiger partial charge is 0.508 e. The standard InChI is InChI=1S/C6H13O6P/c1-9-6(7)11-4-5-12-13(3,8)10-2/h4-5H2,1-3H3. The Bertz CT molecular complexity index is 203. The lowest BCUT2D eigenvalue weighted by Gasteiger charge is -2.10. The van der Waals surface area contributed by atoms with Gasteiger partial charge in [-0.05, 0) is 0 Å². The van der Waals surface area contributed by atoms with Crippen LogP contribution < -0.4 is 0 Å². The van der Waals surface area contributed by atoms with Gasteiger partial charge in [-0.25, -0.2) is 4.79 Å². The second kappa shape index (κ2) is 5.96. The van der Waals surface area contributed by atoms with E-state index in [1.54, 1.807) is 0 Å². The van der Waals surface area contributed by atoms with Crippen LogP contribution in [0.5, 0.6) is 0 Å². The maximum absolute atomic E-state index is 11.1. The number of hydrogen-bond acceptors (Lipinski definition) is 6. The highest BCUT2D eigenvalue weighted by Gasteiger charge is 2.13. The van der Waals surface area contributed by atoms with Crippen molar-refractivity contribution in [2.45, 2.75) is 0 Å².